The normalized spacial score (nSPS) is 10.8. The Hall–Kier alpha value is -3.08. The maximum absolute atomic E-state index is 12.8. The molecule has 0 bridgehead atoms. The number of hydrogen-bond acceptors (Lipinski definition) is 2. The number of aryl methyl sites for hydroxylation is 2. The summed E-state index contributed by atoms with van der Waals surface area (Å²) in [6.45, 7) is 3.87. The van der Waals surface area contributed by atoms with Crippen molar-refractivity contribution in [2.24, 2.45) is 0 Å². The van der Waals surface area contributed by atoms with Gasteiger partial charge in [0.05, 0.1) is 11.3 Å². The van der Waals surface area contributed by atoms with Gasteiger partial charge in [0, 0.05) is 17.7 Å². The summed E-state index contributed by atoms with van der Waals surface area (Å²) in [6.07, 6.45) is 0.541. The number of aromatic amines is 1. The molecule has 122 valence electrons. The van der Waals surface area contributed by atoms with E-state index in [1.165, 1.54) is 16.8 Å². The lowest BCUT2D eigenvalue weighted by molar-refractivity contribution is 0.0697. The van der Waals surface area contributed by atoms with Gasteiger partial charge in [0.25, 0.3) is 5.56 Å². The molecule has 0 radical (unpaired) electrons. The van der Waals surface area contributed by atoms with Crippen LogP contribution in [0.4, 0.5) is 0 Å². The summed E-state index contributed by atoms with van der Waals surface area (Å²) in [6, 6.07) is 14.3. The zero-order valence-electron chi connectivity index (χ0n) is 13.5. The van der Waals surface area contributed by atoms with Crippen molar-refractivity contribution in [3.05, 3.63) is 86.8 Å². The standard InChI is InChI=1S/C19H18N2O3/c1-12-6-3-4-7-14(12)11-17-13(2)20-21(18(17)22)16-9-5-8-15(10-16)19(23)24/h3-10,20H,11H2,1-2H3,(H,23,24). The minimum atomic E-state index is -1.02. The molecule has 24 heavy (non-hydrogen) atoms. The fourth-order valence-corrected chi connectivity index (χ4v) is 2.75. The highest BCUT2D eigenvalue weighted by Gasteiger charge is 2.14. The largest absolute Gasteiger partial charge is 0.478 e. The molecule has 5 heteroatoms. The Kier molecular flexibility index (Phi) is 4.08. The van der Waals surface area contributed by atoms with Crippen LogP contribution in [0.5, 0.6) is 0 Å². The van der Waals surface area contributed by atoms with Crippen LogP contribution in [-0.2, 0) is 6.42 Å². The lowest BCUT2D eigenvalue weighted by atomic mass is 10.0. The zero-order valence-corrected chi connectivity index (χ0v) is 13.5. The molecule has 0 saturated heterocycles. The monoisotopic (exact) mass is 322 g/mol. The lowest BCUT2D eigenvalue weighted by Gasteiger charge is -2.04. The van der Waals surface area contributed by atoms with Gasteiger partial charge in [-0.15, -0.1) is 0 Å². The van der Waals surface area contributed by atoms with Crippen molar-refractivity contribution in [2.45, 2.75) is 20.3 Å². The van der Waals surface area contributed by atoms with Crippen molar-refractivity contribution in [3.63, 3.8) is 0 Å². The summed E-state index contributed by atoms with van der Waals surface area (Å²) in [7, 11) is 0. The number of hydrogen-bond donors (Lipinski definition) is 2. The van der Waals surface area contributed by atoms with Crippen LogP contribution >= 0.6 is 0 Å². The molecule has 0 atom stereocenters. The van der Waals surface area contributed by atoms with E-state index in [1.54, 1.807) is 12.1 Å². The van der Waals surface area contributed by atoms with E-state index in [9.17, 15) is 9.59 Å². The van der Waals surface area contributed by atoms with Crippen molar-refractivity contribution in [2.75, 3.05) is 0 Å². The highest BCUT2D eigenvalue weighted by molar-refractivity contribution is 5.88. The van der Waals surface area contributed by atoms with Crippen LogP contribution in [-0.4, -0.2) is 20.9 Å². The van der Waals surface area contributed by atoms with Crippen LogP contribution in [0.25, 0.3) is 5.69 Å². The summed E-state index contributed by atoms with van der Waals surface area (Å²) in [5, 5.41) is 12.2. The molecule has 0 aliphatic rings. The highest BCUT2D eigenvalue weighted by Crippen LogP contribution is 2.15. The van der Waals surface area contributed by atoms with Gasteiger partial charge in [-0.2, -0.15) is 0 Å². The molecule has 0 spiro atoms. The minimum Gasteiger partial charge on any atom is -0.478 e. The molecule has 0 fully saturated rings. The summed E-state index contributed by atoms with van der Waals surface area (Å²) in [5.41, 5.74) is 4.21. The minimum absolute atomic E-state index is 0.145. The lowest BCUT2D eigenvalue weighted by Crippen LogP contribution is -2.18. The SMILES string of the molecule is Cc1ccccc1Cc1c(C)[nH]n(-c2cccc(C(=O)O)c2)c1=O. The molecule has 1 aromatic heterocycles. The molecule has 0 aliphatic carbocycles. The van der Waals surface area contributed by atoms with Crippen molar-refractivity contribution in [1.82, 2.24) is 9.78 Å². The third kappa shape index (κ3) is 2.88. The molecule has 2 N–H and O–H groups in total. The second kappa shape index (κ2) is 6.20. The number of rotatable bonds is 4. The summed E-state index contributed by atoms with van der Waals surface area (Å²) in [4.78, 5) is 23.9. The third-order valence-corrected chi connectivity index (χ3v) is 4.17. The molecule has 0 unspecified atom stereocenters. The van der Waals surface area contributed by atoms with Crippen LogP contribution in [0, 0.1) is 13.8 Å². The van der Waals surface area contributed by atoms with Crippen molar-refractivity contribution < 1.29 is 9.90 Å². The van der Waals surface area contributed by atoms with Gasteiger partial charge in [-0.3, -0.25) is 9.89 Å². The topological polar surface area (TPSA) is 75.1 Å². The second-order valence-corrected chi connectivity index (χ2v) is 5.81. The Morgan fingerprint density at radius 1 is 1.12 bits per heavy atom. The Bertz CT molecular complexity index is 967. The van der Waals surface area contributed by atoms with E-state index in [-0.39, 0.29) is 11.1 Å². The molecule has 2 aromatic carbocycles. The third-order valence-electron chi connectivity index (χ3n) is 4.17. The highest BCUT2D eigenvalue weighted by atomic mass is 16.4. The van der Waals surface area contributed by atoms with Gasteiger partial charge in [-0.1, -0.05) is 30.3 Å². The zero-order chi connectivity index (χ0) is 17.3. The van der Waals surface area contributed by atoms with Gasteiger partial charge >= 0.3 is 5.97 Å². The molecule has 3 rings (SSSR count). The molecule has 1 heterocycles. The van der Waals surface area contributed by atoms with Crippen LogP contribution < -0.4 is 5.56 Å². The fourth-order valence-electron chi connectivity index (χ4n) is 2.75. The Balaban J connectivity index is 2.04. The quantitative estimate of drug-likeness (QED) is 0.775. The number of nitrogens with one attached hydrogen (secondary N) is 1. The first-order valence-electron chi connectivity index (χ1n) is 7.66. The number of aromatic carboxylic acids is 1. The molecule has 0 amide bonds. The van der Waals surface area contributed by atoms with Crippen molar-refractivity contribution in [3.8, 4) is 5.69 Å². The fraction of sp³-hybridized carbons (Fsp3) is 0.158. The second-order valence-electron chi connectivity index (χ2n) is 5.81. The van der Waals surface area contributed by atoms with Crippen LogP contribution in [0.1, 0.15) is 32.7 Å². The summed E-state index contributed by atoms with van der Waals surface area (Å²) >= 11 is 0. The smallest absolute Gasteiger partial charge is 0.335 e. The number of carbonyl (C=O) groups is 1. The summed E-state index contributed by atoms with van der Waals surface area (Å²) < 4.78 is 1.40. The predicted octanol–water partition coefficient (Wildman–Crippen LogP) is 3.07. The number of nitrogens with zero attached hydrogens (tertiary/aromatic N) is 1. The molecule has 5 nitrogen and oxygen atoms in total. The van der Waals surface area contributed by atoms with E-state index in [1.807, 2.05) is 38.1 Å². The van der Waals surface area contributed by atoms with Gasteiger partial charge < -0.3 is 5.11 Å². The Labute approximate surface area is 139 Å². The molecule has 0 saturated carbocycles. The molecular formula is C19H18N2O3. The van der Waals surface area contributed by atoms with Gasteiger partial charge in [0.1, 0.15) is 0 Å². The number of carboxylic acid groups (broad SMARTS) is 1. The number of benzene rings is 2. The number of H-pyrrole nitrogens is 1. The average Bonchev–Trinajstić information content (AvgIpc) is 2.85. The first kappa shape index (κ1) is 15.8. The molecule has 0 aliphatic heterocycles. The van der Waals surface area contributed by atoms with E-state index < -0.39 is 5.97 Å². The maximum atomic E-state index is 12.8. The van der Waals surface area contributed by atoms with E-state index in [0.29, 0.717) is 17.7 Å². The predicted molar refractivity (Wildman–Crippen MR) is 92.1 cm³/mol. The van der Waals surface area contributed by atoms with Crippen LogP contribution in [0.2, 0.25) is 0 Å². The van der Waals surface area contributed by atoms with E-state index >= 15 is 0 Å². The Morgan fingerprint density at radius 3 is 2.58 bits per heavy atom. The number of aromatic nitrogens is 2. The van der Waals surface area contributed by atoms with Gasteiger partial charge in [0.2, 0.25) is 0 Å². The van der Waals surface area contributed by atoms with Crippen LogP contribution in [0.3, 0.4) is 0 Å². The summed E-state index contributed by atoms with van der Waals surface area (Å²) in [5.74, 6) is -1.02. The van der Waals surface area contributed by atoms with Gasteiger partial charge in [-0.25, -0.2) is 9.48 Å². The van der Waals surface area contributed by atoms with Crippen molar-refractivity contribution >= 4 is 5.97 Å². The first-order chi connectivity index (χ1) is 11.5. The van der Waals surface area contributed by atoms with E-state index in [4.69, 9.17) is 5.11 Å². The average molecular weight is 322 g/mol. The Morgan fingerprint density at radius 2 is 1.88 bits per heavy atom. The van der Waals surface area contributed by atoms with E-state index in [2.05, 4.69) is 5.10 Å². The molecule has 3 aromatic rings. The van der Waals surface area contributed by atoms with Crippen molar-refractivity contribution in [1.29, 1.82) is 0 Å². The molecular weight excluding hydrogens is 304 g/mol. The van der Waals surface area contributed by atoms with Crippen LogP contribution in [0.15, 0.2) is 53.3 Å². The van der Waals surface area contributed by atoms with E-state index in [0.717, 1.165) is 16.8 Å². The maximum Gasteiger partial charge on any atom is 0.335 e. The first-order valence-corrected chi connectivity index (χ1v) is 7.66. The number of carboxylic acids is 1. The van der Waals surface area contributed by atoms with Gasteiger partial charge in [0.15, 0.2) is 0 Å². The van der Waals surface area contributed by atoms with Gasteiger partial charge in [-0.05, 0) is 43.2 Å².